The van der Waals surface area contributed by atoms with Crippen molar-refractivity contribution in [3.05, 3.63) is 28.3 Å². The fourth-order valence-corrected chi connectivity index (χ4v) is 2.29. The maximum absolute atomic E-state index is 11.8. The topological polar surface area (TPSA) is 44.1 Å². The number of hydrogen-bond acceptors (Lipinski definition) is 4. The molecule has 0 aromatic carbocycles. The molecule has 18 heavy (non-hydrogen) atoms. The van der Waals surface area contributed by atoms with Crippen molar-refractivity contribution in [2.24, 2.45) is 7.05 Å². The summed E-state index contributed by atoms with van der Waals surface area (Å²) in [5.74, 6) is -0.280. The van der Waals surface area contributed by atoms with Gasteiger partial charge in [0.1, 0.15) is 5.69 Å². The fourth-order valence-electron chi connectivity index (χ4n) is 1.67. The molecular weight excluding hydrogens is 248 g/mol. The molecule has 0 aliphatic heterocycles. The highest BCUT2D eigenvalue weighted by Gasteiger charge is 2.14. The quantitative estimate of drug-likeness (QED) is 0.797. The lowest BCUT2D eigenvalue weighted by molar-refractivity contribution is 0.0494. The third-order valence-corrected chi connectivity index (χ3v) is 3.34. The van der Waals surface area contributed by atoms with Gasteiger partial charge in [0, 0.05) is 24.2 Å². The van der Waals surface area contributed by atoms with Crippen LogP contribution in [0.2, 0.25) is 0 Å². The number of carbonyl (C=O) groups is 1. The third kappa shape index (κ3) is 2.61. The van der Waals surface area contributed by atoms with Gasteiger partial charge in [0.15, 0.2) is 0 Å². The van der Waals surface area contributed by atoms with Gasteiger partial charge in [-0.3, -0.25) is 0 Å². The highest BCUT2D eigenvalue weighted by Crippen LogP contribution is 2.23. The molecule has 0 fully saturated rings. The summed E-state index contributed by atoms with van der Waals surface area (Å²) in [6, 6.07) is 1.83. The Hall–Kier alpha value is -1.62. The van der Waals surface area contributed by atoms with Gasteiger partial charge in [0.2, 0.25) is 0 Å². The number of hydrogen-bond donors (Lipinski definition) is 0. The number of carbonyl (C=O) groups excluding carboxylic acids is 1. The molecule has 0 spiro atoms. The van der Waals surface area contributed by atoms with E-state index in [0.29, 0.717) is 12.3 Å². The van der Waals surface area contributed by atoms with E-state index in [0.717, 1.165) is 22.7 Å². The zero-order valence-electron chi connectivity index (χ0n) is 10.8. The van der Waals surface area contributed by atoms with E-state index in [1.165, 1.54) is 0 Å². The molecule has 0 atom stereocenters. The van der Waals surface area contributed by atoms with Crippen LogP contribution in [0.15, 0.2) is 17.6 Å². The van der Waals surface area contributed by atoms with E-state index in [1.807, 2.05) is 38.5 Å². The lowest BCUT2D eigenvalue weighted by Gasteiger charge is -2.02. The molecule has 96 valence electrons. The van der Waals surface area contributed by atoms with Crippen LogP contribution in [0, 0.1) is 6.92 Å². The first-order valence-electron chi connectivity index (χ1n) is 5.87. The summed E-state index contributed by atoms with van der Waals surface area (Å²) in [6.45, 7) is 4.39. The van der Waals surface area contributed by atoms with Crippen molar-refractivity contribution in [1.29, 1.82) is 0 Å². The first-order chi connectivity index (χ1) is 8.61. The lowest BCUT2D eigenvalue weighted by Crippen LogP contribution is -2.09. The molecule has 2 aromatic rings. The van der Waals surface area contributed by atoms with Gasteiger partial charge in [-0.2, -0.15) is 0 Å². The van der Waals surface area contributed by atoms with E-state index in [2.05, 4.69) is 4.98 Å². The Kier molecular flexibility index (Phi) is 3.81. The van der Waals surface area contributed by atoms with Crippen LogP contribution in [0.5, 0.6) is 0 Å². The van der Waals surface area contributed by atoms with Gasteiger partial charge in [-0.25, -0.2) is 9.78 Å². The van der Waals surface area contributed by atoms with E-state index in [-0.39, 0.29) is 5.97 Å². The standard InChI is InChI=1S/C13H16N2O2S/c1-4-5-17-13(16)12-6-10(7-15(12)3)11-8-18-9(2)14-11/h6-8H,4-5H2,1-3H3. The molecule has 2 heterocycles. The minimum absolute atomic E-state index is 0.280. The predicted molar refractivity (Wildman–Crippen MR) is 71.8 cm³/mol. The average Bonchev–Trinajstić information content (AvgIpc) is 2.92. The number of ether oxygens (including phenoxy) is 1. The Balaban J connectivity index is 2.24. The smallest absolute Gasteiger partial charge is 0.354 e. The maximum atomic E-state index is 11.8. The molecule has 0 N–H and O–H groups in total. The second kappa shape index (κ2) is 5.35. The van der Waals surface area contributed by atoms with Crippen molar-refractivity contribution in [2.75, 3.05) is 6.61 Å². The molecule has 4 nitrogen and oxygen atoms in total. The Morgan fingerprint density at radius 3 is 2.94 bits per heavy atom. The van der Waals surface area contributed by atoms with Crippen molar-refractivity contribution < 1.29 is 9.53 Å². The van der Waals surface area contributed by atoms with Crippen LogP contribution in [0.3, 0.4) is 0 Å². The minimum atomic E-state index is -0.280. The van der Waals surface area contributed by atoms with Crippen LogP contribution in [-0.4, -0.2) is 22.1 Å². The molecule has 2 aromatic heterocycles. The van der Waals surface area contributed by atoms with Gasteiger partial charge >= 0.3 is 5.97 Å². The van der Waals surface area contributed by atoms with Crippen molar-refractivity contribution >= 4 is 17.3 Å². The number of aromatic nitrogens is 2. The summed E-state index contributed by atoms with van der Waals surface area (Å²) in [7, 11) is 1.84. The van der Waals surface area contributed by atoms with Crippen LogP contribution in [0.25, 0.3) is 11.3 Å². The molecular formula is C13H16N2O2S. The zero-order chi connectivity index (χ0) is 13.1. The molecule has 5 heteroatoms. The van der Waals surface area contributed by atoms with E-state index in [4.69, 9.17) is 4.74 Å². The number of thiazole rings is 1. The van der Waals surface area contributed by atoms with Gasteiger partial charge < -0.3 is 9.30 Å². The van der Waals surface area contributed by atoms with Crippen molar-refractivity contribution in [3.8, 4) is 11.3 Å². The normalized spacial score (nSPS) is 10.6. The molecule has 0 saturated heterocycles. The second-order valence-electron chi connectivity index (χ2n) is 4.11. The number of nitrogens with zero attached hydrogens (tertiary/aromatic N) is 2. The van der Waals surface area contributed by atoms with Crippen molar-refractivity contribution in [3.63, 3.8) is 0 Å². The van der Waals surface area contributed by atoms with Gasteiger partial charge in [-0.05, 0) is 19.4 Å². The summed E-state index contributed by atoms with van der Waals surface area (Å²) >= 11 is 1.60. The number of aryl methyl sites for hydroxylation is 2. The predicted octanol–water partition coefficient (Wildman–Crippen LogP) is 3.02. The van der Waals surface area contributed by atoms with Gasteiger partial charge in [-0.15, -0.1) is 11.3 Å². The first-order valence-corrected chi connectivity index (χ1v) is 6.75. The summed E-state index contributed by atoms with van der Waals surface area (Å²) in [5, 5.41) is 3.01. The monoisotopic (exact) mass is 264 g/mol. The van der Waals surface area contributed by atoms with E-state index in [1.54, 1.807) is 15.9 Å². The third-order valence-electron chi connectivity index (χ3n) is 2.57. The van der Waals surface area contributed by atoms with E-state index < -0.39 is 0 Å². The molecule has 0 unspecified atom stereocenters. The Labute approximate surface area is 110 Å². The van der Waals surface area contributed by atoms with Crippen molar-refractivity contribution in [1.82, 2.24) is 9.55 Å². The van der Waals surface area contributed by atoms with Gasteiger partial charge in [0.25, 0.3) is 0 Å². The van der Waals surface area contributed by atoms with Crippen LogP contribution in [0.1, 0.15) is 28.8 Å². The molecule has 0 bridgehead atoms. The molecule has 0 radical (unpaired) electrons. The van der Waals surface area contributed by atoms with Crippen molar-refractivity contribution in [2.45, 2.75) is 20.3 Å². The highest BCUT2D eigenvalue weighted by atomic mass is 32.1. The van der Waals surface area contributed by atoms with E-state index in [9.17, 15) is 4.79 Å². The molecule has 0 amide bonds. The molecule has 0 saturated carbocycles. The second-order valence-corrected chi connectivity index (χ2v) is 5.17. The largest absolute Gasteiger partial charge is 0.461 e. The summed E-state index contributed by atoms with van der Waals surface area (Å²) in [4.78, 5) is 16.2. The SMILES string of the molecule is CCCOC(=O)c1cc(-c2csc(C)n2)cn1C. The first kappa shape index (κ1) is 12.8. The number of rotatable bonds is 4. The van der Waals surface area contributed by atoms with Gasteiger partial charge in [0.05, 0.1) is 17.3 Å². The van der Waals surface area contributed by atoms with Gasteiger partial charge in [-0.1, -0.05) is 6.92 Å². The zero-order valence-corrected chi connectivity index (χ0v) is 11.6. The summed E-state index contributed by atoms with van der Waals surface area (Å²) < 4.78 is 6.91. The van der Waals surface area contributed by atoms with Crippen LogP contribution in [0.4, 0.5) is 0 Å². The lowest BCUT2D eigenvalue weighted by atomic mass is 10.2. The molecule has 2 rings (SSSR count). The number of esters is 1. The fraction of sp³-hybridized carbons (Fsp3) is 0.385. The minimum Gasteiger partial charge on any atom is -0.461 e. The Bertz CT molecular complexity index is 557. The Morgan fingerprint density at radius 1 is 1.56 bits per heavy atom. The maximum Gasteiger partial charge on any atom is 0.354 e. The Morgan fingerprint density at radius 2 is 2.33 bits per heavy atom. The van der Waals surface area contributed by atoms with Crippen LogP contribution >= 0.6 is 11.3 Å². The molecule has 0 aliphatic rings. The van der Waals surface area contributed by atoms with E-state index >= 15 is 0 Å². The summed E-state index contributed by atoms with van der Waals surface area (Å²) in [6.07, 6.45) is 2.73. The van der Waals surface area contributed by atoms with Crippen LogP contribution < -0.4 is 0 Å². The summed E-state index contributed by atoms with van der Waals surface area (Å²) in [5.41, 5.74) is 2.41. The van der Waals surface area contributed by atoms with Crippen LogP contribution in [-0.2, 0) is 11.8 Å². The highest BCUT2D eigenvalue weighted by molar-refractivity contribution is 7.09. The average molecular weight is 264 g/mol. The molecule has 0 aliphatic carbocycles.